The van der Waals surface area contributed by atoms with E-state index in [1.54, 1.807) is 6.92 Å². The van der Waals surface area contributed by atoms with Crippen molar-refractivity contribution in [3.8, 4) is 0 Å². The minimum Gasteiger partial charge on any atom is -0.389 e. The largest absolute Gasteiger partial charge is 0.389 e. The highest BCUT2D eigenvalue weighted by Crippen LogP contribution is 2.18. The predicted molar refractivity (Wildman–Crippen MR) is 50.8 cm³/mol. The molecule has 0 aliphatic rings. The van der Waals surface area contributed by atoms with Crippen molar-refractivity contribution in [2.75, 3.05) is 0 Å². The van der Waals surface area contributed by atoms with Crippen LogP contribution in [0.5, 0.6) is 0 Å². The first kappa shape index (κ1) is 9.27. The van der Waals surface area contributed by atoms with E-state index in [2.05, 4.69) is 6.92 Å². The minimum absolute atomic E-state index is 0.368. The predicted octanol–water partition coefficient (Wildman–Crippen LogP) is 2.51. The monoisotopic (exact) mass is 163 g/mol. The van der Waals surface area contributed by atoms with Crippen LogP contribution in [0.15, 0.2) is 24.3 Å². The second kappa shape index (κ2) is 4.27. The summed E-state index contributed by atoms with van der Waals surface area (Å²) in [5, 5.41) is 9.41. The van der Waals surface area contributed by atoms with Gasteiger partial charge in [-0.1, -0.05) is 31.2 Å². The van der Waals surface area contributed by atoms with Gasteiger partial charge in [0, 0.05) is 0 Å². The molecule has 1 atom stereocenters. The summed E-state index contributed by atoms with van der Waals surface area (Å²) in [5.41, 5.74) is 2.24. The van der Waals surface area contributed by atoms with Crippen molar-refractivity contribution in [1.82, 2.24) is 0 Å². The quantitative estimate of drug-likeness (QED) is 0.726. The summed E-state index contributed by atoms with van der Waals surface area (Å²) in [6.07, 6.45) is 1.46. The molecule has 1 aromatic rings. The summed E-state index contributed by atoms with van der Waals surface area (Å²) in [7, 11) is 0. The van der Waals surface area contributed by atoms with Crippen LogP contribution in [0.25, 0.3) is 0 Å². The van der Waals surface area contributed by atoms with Crippen molar-refractivity contribution < 1.29 is 5.11 Å². The first-order valence-electron chi connectivity index (χ1n) is 4.31. The van der Waals surface area contributed by atoms with Gasteiger partial charge in [-0.05, 0) is 30.9 Å². The molecular weight excluding hydrogens is 148 g/mol. The van der Waals surface area contributed by atoms with E-state index in [1.807, 2.05) is 24.3 Å². The SMILES string of the molecule is [CH2]CCc1ccccc1C(C)O. The lowest BCUT2D eigenvalue weighted by atomic mass is 10.00. The Hall–Kier alpha value is -0.820. The average molecular weight is 163 g/mol. The number of hydrogen-bond donors (Lipinski definition) is 1. The molecule has 1 N–H and O–H groups in total. The Morgan fingerprint density at radius 3 is 2.67 bits per heavy atom. The number of aliphatic hydroxyl groups excluding tert-OH is 1. The summed E-state index contributed by atoms with van der Waals surface area (Å²) < 4.78 is 0. The lowest BCUT2D eigenvalue weighted by Crippen LogP contribution is -1.97. The third kappa shape index (κ3) is 2.08. The molecule has 0 aliphatic carbocycles. The normalized spacial score (nSPS) is 12.9. The van der Waals surface area contributed by atoms with Gasteiger partial charge in [-0.15, -0.1) is 0 Å². The number of benzene rings is 1. The Morgan fingerprint density at radius 2 is 2.08 bits per heavy atom. The molecule has 0 aliphatic heterocycles. The summed E-state index contributed by atoms with van der Waals surface area (Å²) in [5.74, 6) is 0. The van der Waals surface area contributed by atoms with E-state index in [4.69, 9.17) is 0 Å². The third-order valence-corrected chi connectivity index (χ3v) is 1.95. The van der Waals surface area contributed by atoms with E-state index in [0.717, 1.165) is 18.4 Å². The van der Waals surface area contributed by atoms with Crippen LogP contribution in [0.1, 0.15) is 30.6 Å². The molecule has 0 saturated carbocycles. The van der Waals surface area contributed by atoms with Crippen molar-refractivity contribution in [1.29, 1.82) is 0 Å². The second-order valence-electron chi connectivity index (χ2n) is 2.98. The number of rotatable bonds is 3. The molecule has 12 heavy (non-hydrogen) atoms. The molecule has 1 heteroatoms. The van der Waals surface area contributed by atoms with E-state index < -0.39 is 0 Å². The van der Waals surface area contributed by atoms with Crippen LogP contribution < -0.4 is 0 Å². The lowest BCUT2D eigenvalue weighted by molar-refractivity contribution is 0.198. The van der Waals surface area contributed by atoms with Crippen LogP contribution in [0, 0.1) is 6.92 Å². The molecule has 1 aromatic carbocycles. The summed E-state index contributed by atoms with van der Waals surface area (Å²) in [4.78, 5) is 0. The third-order valence-electron chi connectivity index (χ3n) is 1.95. The number of hydrogen-bond acceptors (Lipinski definition) is 1. The van der Waals surface area contributed by atoms with Crippen LogP contribution in [0.4, 0.5) is 0 Å². The summed E-state index contributed by atoms with van der Waals surface area (Å²) in [6.45, 7) is 5.59. The van der Waals surface area contributed by atoms with Crippen molar-refractivity contribution in [2.24, 2.45) is 0 Å². The summed E-state index contributed by atoms with van der Waals surface area (Å²) in [6, 6.07) is 7.97. The van der Waals surface area contributed by atoms with E-state index >= 15 is 0 Å². The Morgan fingerprint density at radius 1 is 1.42 bits per heavy atom. The van der Waals surface area contributed by atoms with Crippen LogP contribution in [-0.2, 0) is 6.42 Å². The molecule has 0 heterocycles. The molecule has 0 saturated heterocycles. The average Bonchev–Trinajstić information content (AvgIpc) is 2.05. The molecule has 1 nitrogen and oxygen atoms in total. The van der Waals surface area contributed by atoms with Crippen LogP contribution >= 0.6 is 0 Å². The fourth-order valence-electron chi connectivity index (χ4n) is 1.36. The van der Waals surface area contributed by atoms with Gasteiger partial charge in [0.25, 0.3) is 0 Å². The Kier molecular flexibility index (Phi) is 3.30. The second-order valence-corrected chi connectivity index (χ2v) is 2.98. The smallest absolute Gasteiger partial charge is 0.0764 e. The molecule has 0 fully saturated rings. The molecule has 65 valence electrons. The fraction of sp³-hybridized carbons (Fsp3) is 0.364. The zero-order valence-electron chi connectivity index (χ0n) is 7.46. The van der Waals surface area contributed by atoms with Gasteiger partial charge in [0.1, 0.15) is 0 Å². The molecule has 1 radical (unpaired) electrons. The first-order chi connectivity index (χ1) is 5.75. The lowest BCUT2D eigenvalue weighted by Gasteiger charge is -2.10. The molecule has 1 unspecified atom stereocenters. The minimum atomic E-state index is -0.368. The van der Waals surface area contributed by atoms with E-state index in [-0.39, 0.29) is 6.10 Å². The molecule has 1 rings (SSSR count). The highest BCUT2D eigenvalue weighted by molar-refractivity contribution is 5.28. The van der Waals surface area contributed by atoms with Gasteiger partial charge in [-0.2, -0.15) is 0 Å². The number of aryl methyl sites for hydroxylation is 1. The molecular formula is C11H15O. The van der Waals surface area contributed by atoms with Crippen LogP contribution in [0.3, 0.4) is 0 Å². The van der Waals surface area contributed by atoms with Gasteiger partial charge in [-0.3, -0.25) is 0 Å². The maximum atomic E-state index is 9.41. The van der Waals surface area contributed by atoms with Gasteiger partial charge < -0.3 is 5.11 Å². The Labute approximate surface area is 74.1 Å². The Bertz CT molecular complexity index is 241. The van der Waals surface area contributed by atoms with Crippen molar-refractivity contribution >= 4 is 0 Å². The van der Waals surface area contributed by atoms with Gasteiger partial charge in [-0.25, -0.2) is 0 Å². The standard InChI is InChI=1S/C11H15O/c1-3-6-10-7-4-5-8-11(10)9(2)12/h4-5,7-9,12H,1,3,6H2,2H3. The first-order valence-corrected chi connectivity index (χ1v) is 4.31. The van der Waals surface area contributed by atoms with Crippen molar-refractivity contribution in [2.45, 2.75) is 25.9 Å². The topological polar surface area (TPSA) is 20.2 Å². The van der Waals surface area contributed by atoms with Crippen molar-refractivity contribution in [3.63, 3.8) is 0 Å². The number of aliphatic hydroxyl groups is 1. The van der Waals surface area contributed by atoms with Crippen LogP contribution in [-0.4, -0.2) is 5.11 Å². The van der Waals surface area contributed by atoms with Gasteiger partial charge in [0.05, 0.1) is 6.10 Å². The molecule has 0 amide bonds. The maximum Gasteiger partial charge on any atom is 0.0764 e. The summed E-state index contributed by atoms with van der Waals surface area (Å²) >= 11 is 0. The zero-order valence-corrected chi connectivity index (χ0v) is 7.46. The van der Waals surface area contributed by atoms with E-state index in [9.17, 15) is 5.11 Å². The van der Waals surface area contributed by atoms with Gasteiger partial charge >= 0.3 is 0 Å². The fourth-order valence-corrected chi connectivity index (χ4v) is 1.36. The molecule has 0 bridgehead atoms. The molecule has 0 spiro atoms. The van der Waals surface area contributed by atoms with Crippen molar-refractivity contribution in [3.05, 3.63) is 42.3 Å². The Balaban J connectivity index is 2.92. The van der Waals surface area contributed by atoms with Gasteiger partial charge in [0.2, 0.25) is 0 Å². The highest BCUT2D eigenvalue weighted by atomic mass is 16.3. The highest BCUT2D eigenvalue weighted by Gasteiger charge is 2.04. The van der Waals surface area contributed by atoms with Gasteiger partial charge in [0.15, 0.2) is 0 Å². The maximum absolute atomic E-state index is 9.41. The van der Waals surface area contributed by atoms with E-state index in [1.165, 1.54) is 5.56 Å². The zero-order chi connectivity index (χ0) is 8.97. The van der Waals surface area contributed by atoms with Crippen LogP contribution in [0.2, 0.25) is 0 Å². The molecule has 0 aromatic heterocycles. The van der Waals surface area contributed by atoms with E-state index in [0.29, 0.717) is 0 Å².